The average molecular weight is 240 g/mol. The molecule has 2 saturated heterocycles. The predicted molar refractivity (Wildman–Crippen MR) is 63.8 cm³/mol. The summed E-state index contributed by atoms with van der Waals surface area (Å²) in [6.45, 7) is 3.75. The summed E-state index contributed by atoms with van der Waals surface area (Å²) in [5.74, 6) is -0.0180. The lowest BCUT2D eigenvalue weighted by molar-refractivity contribution is -0.893. The van der Waals surface area contributed by atoms with Gasteiger partial charge in [-0.15, -0.1) is 0 Å². The van der Waals surface area contributed by atoms with Crippen LogP contribution in [-0.2, 0) is 4.79 Å². The van der Waals surface area contributed by atoms with Gasteiger partial charge in [0.15, 0.2) is 6.54 Å². The standard InChI is InChI=1S/C12H21N3O2/c16-11(15-9-6-13-12(15)17)10-14-7-4-2-1-3-5-8-14/h1-10H2,(H,13,17)/p+1. The molecule has 17 heavy (non-hydrogen) atoms. The summed E-state index contributed by atoms with van der Waals surface area (Å²) in [6.07, 6.45) is 6.29. The minimum Gasteiger partial charge on any atom is -0.336 e. The molecular weight excluding hydrogens is 218 g/mol. The maximum Gasteiger partial charge on any atom is 0.324 e. The lowest BCUT2D eigenvalue weighted by atomic mass is 10.1. The zero-order chi connectivity index (χ0) is 12.1. The number of quaternary nitrogens is 1. The van der Waals surface area contributed by atoms with Crippen molar-refractivity contribution in [1.82, 2.24) is 10.2 Å². The Morgan fingerprint density at radius 2 is 1.82 bits per heavy atom. The number of carbonyl (C=O) groups is 2. The first-order valence-electron chi connectivity index (χ1n) is 6.69. The maximum absolute atomic E-state index is 12.0. The van der Waals surface area contributed by atoms with Crippen LogP contribution in [0.4, 0.5) is 4.79 Å². The lowest BCUT2D eigenvalue weighted by Crippen LogP contribution is -3.13. The van der Waals surface area contributed by atoms with Crippen LogP contribution in [0.1, 0.15) is 32.1 Å². The van der Waals surface area contributed by atoms with Crippen LogP contribution in [0.3, 0.4) is 0 Å². The Morgan fingerprint density at radius 1 is 1.18 bits per heavy atom. The van der Waals surface area contributed by atoms with Gasteiger partial charge in [-0.25, -0.2) is 4.79 Å². The normalized spacial score (nSPS) is 23.1. The Hall–Kier alpha value is -1.10. The van der Waals surface area contributed by atoms with Gasteiger partial charge >= 0.3 is 6.03 Å². The molecule has 0 bridgehead atoms. The van der Waals surface area contributed by atoms with Gasteiger partial charge in [-0.3, -0.25) is 9.69 Å². The van der Waals surface area contributed by atoms with E-state index >= 15 is 0 Å². The van der Waals surface area contributed by atoms with E-state index in [4.69, 9.17) is 0 Å². The van der Waals surface area contributed by atoms with Gasteiger partial charge in [0.2, 0.25) is 0 Å². The number of rotatable bonds is 2. The molecule has 0 radical (unpaired) electrons. The zero-order valence-corrected chi connectivity index (χ0v) is 10.3. The third-order valence-corrected chi connectivity index (χ3v) is 3.62. The summed E-state index contributed by atoms with van der Waals surface area (Å²) in [7, 11) is 0. The van der Waals surface area contributed by atoms with E-state index in [0.717, 1.165) is 13.1 Å². The number of imide groups is 1. The number of nitrogens with zero attached hydrogens (tertiary/aromatic N) is 1. The Labute approximate surface area is 102 Å². The molecule has 96 valence electrons. The van der Waals surface area contributed by atoms with Gasteiger partial charge < -0.3 is 10.2 Å². The Morgan fingerprint density at radius 3 is 2.41 bits per heavy atom. The number of urea groups is 1. The molecule has 2 rings (SSSR count). The lowest BCUT2D eigenvalue weighted by Gasteiger charge is -2.22. The van der Waals surface area contributed by atoms with E-state index in [1.165, 1.54) is 41.9 Å². The second-order valence-electron chi connectivity index (χ2n) is 4.97. The van der Waals surface area contributed by atoms with Crippen molar-refractivity contribution in [3.63, 3.8) is 0 Å². The van der Waals surface area contributed by atoms with Crippen LogP contribution in [0.5, 0.6) is 0 Å². The molecule has 0 atom stereocenters. The maximum atomic E-state index is 12.0. The van der Waals surface area contributed by atoms with Gasteiger partial charge in [0.05, 0.1) is 13.1 Å². The summed E-state index contributed by atoms with van der Waals surface area (Å²) in [6, 6.07) is -0.221. The van der Waals surface area contributed by atoms with Gasteiger partial charge in [-0.05, 0) is 25.7 Å². The molecule has 3 amide bonds. The van der Waals surface area contributed by atoms with Crippen molar-refractivity contribution in [3.05, 3.63) is 0 Å². The largest absolute Gasteiger partial charge is 0.336 e. The topological polar surface area (TPSA) is 53.9 Å². The molecule has 0 aliphatic carbocycles. The highest BCUT2D eigenvalue weighted by atomic mass is 16.2. The fourth-order valence-electron chi connectivity index (χ4n) is 2.60. The monoisotopic (exact) mass is 240 g/mol. The first-order chi connectivity index (χ1) is 8.27. The minimum absolute atomic E-state index is 0.0180. The molecule has 2 aliphatic heterocycles. The summed E-state index contributed by atoms with van der Waals surface area (Å²) in [5.41, 5.74) is 0. The Bertz CT molecular complexity index is 285. The Kier molecular flexibility index (Phi) is 4.36. The van der Waals surface area contributed by atoms with Crippen molar-refractivity contribution in [2.24, 2.45) is 0 Å². The molecule has 5 nitrogen and oxygen atoms in total. The highest BCUT2D eigenvalue weighted by molar-refractivity contribution is 5.96. The fourth-order valence-corrected chi connectivity index (χ4v) is 2.60. The van der Waals surface area contributed by atoms with Crippen molar-refractivity contribution in [2.75, 3.05) is 32.7 Å². The smallest absolute Gasteiger partial charge is 0.324 e. The van der Waals surface area contributed by atoms with Crippen LogP contribution in [0, 0.1) is 0 Å². The van der Waals surface area contributed by atoms with Gasteiger partial charge in [0.25, 0.3) is 5.91 Å². The van der Waals surface area contributed by atoms with Gasteiger partial charge in [0.1, 0.15) is 0 Å². The van der Waals surface area contributed by atoms with Crippen LogP contribution < -0.4 is 10.2 Å². The van der Waals surface area contributed by atoms with Crippen LogP contribution in [0.25, 0.3) is 0 Å². The molecule has 0 aromatic heterocycles. The van der Waals surface area contributed by atoms with Gasteiger partial charge in [-0.2, -0.15) is 0 Å². The van der Waals surface area contributed by atoms with Crippen LogP contribution in [-0.4, -0.2) is 49.6 Å². The van der Waals surface area contributed by atoms with E-state index in [-0.39, 0.29) is 11.9 Å². The first-order valence-corrected chi connectivity index (χ1v) is 6.69. The summed E-state index contributed by atoms with van der Waals surface area (Å²) >= 11 is 0. The number of carbonyl (C=O) groups excluding carboxylic acids is 2. The zero-order valence-electron chi connectivity index (χ0n) is 10.3. The van der Waals surface area contributed by atoms with Gasteiger partial charge in [0, 0.05) is 13.1 Å². The van der Waals surface area contributed by atoms with E-state index in [1.807, 2.05) is 0 Å². The van der Waals surface area contributed by atoms with Gasteiger partial charge in [-0.1, -0.05) is 6.42 Å². The third-order valence-electron chi connectivity index (χ3n) is 3.62. The molecule has 0 unspecified atom stereocenters. The van der Waals surface area contributed by atoms with Crippen molar-refractivity contribution in [2.45, 2.75) is 32.1 Å². The molecule has 2 heterocycles. The average Bonchev–Trinajstić information content (AvgIpc) is 2.68. The molecule has 2 fully saturated rings. The van der Waals surface area contributed by atoms with Crippen LogP contribution >= 0.6 is 0 Å². The highest BCUT2D eigenvalue weighted by Crippen LogP contribution is 2.03. The van der Waals surface area contributed by atoms with Crippen LogP contribution in [0.2, 0.25) is 0 Å². The molecule has 0 aromatic carbocycles. The number of nitrogens with one attached hydrogen (secondary N) is 2. The molecule has 2 aliphatic rings. The third kappa shape index (κ3) is 3.43. The SMILES string of the molecule is O=C(C[NH+]1CCCCCCC1)N1CCNC1=O. The van der Waals surface area contributed by atoms with E-state index in [0.29, 0.717) is 19.6 Å². The quantitative estimate of drug-likeness (QED) is 0.676. The molecule has 0 spiro atoms. The van der Waals surface area contributed by atoms with Crippen LogP contribution in [0.15, 0.2) is 0 Å². The predicted octanol–water partition coefficient (Wildman–Crippen LogP) is -0.613. The van der Waals surface area contributed by atoms with E-state index in [9.17, 15) is 9.59 Å². The first kappa shape index (κ1) is 12.4. The van der Waals surface area contributed by atoms with E-state index < -0.39 is 0 Å². The Balaban J connectivity index is 1.81. The summed E-state index contributed by atoms with van der Waals surface area (Å²) < 4.78 is 0. The van der Waals surface area contributed by atoms with E-state index in [2.05, 4.69) is 5.32 Å². The molecule has 2 N–H and O–H groups in total. The molecule has 0 aromatic rings. The fraction of sp³-hybridized carbons (Fsp3) is 0.833. The van der Waals surface area contributed by atoms with Crippen molar-refractivity contribution < 1.29 is 14.5 Å². The number of hydrogen-bond acceptors (Lipinski definition) is 2. The minimum atomic E-state index is -0.221. The number of amides is 3. The summed E-state index contributed by atoms with van der Waals surface area (Å²) in [5, 5.41) is 2.67. The van der Waals surface area contributed by atoms with Crippen molar-refractivity contribution in [3.8, 4) is 0 Å². The van der Waals surface area contributed by atoms with E-state index in [1.54, 1.807) is 0 Å². The molecule has 0 saturated carbocycles. The second-order valence-corrected chi connectivity index (χ2v) is 4.97. The number of likely N-dealkylation sites (tertiary alicyclic amines) is 1. The second kappa shape index (κ2) is 6.00. The number of hydrogen-bond donors (Lipinski definition) is 2. The molecule has 5 heteroatoms. The molecular formula is C12H22N3O2+. The van der Waals surface area contributed by atoms with Crippen molar-refractivity contribution in [1.29, 1.82) is 0 Å². The highest BCUT2D eigenvalue weighted by Gasteiger charge is 2.28. The van der Waals surface area contributed by atoms with Crippen molar-refractivity contribution >= 4 is 11.9 Å². The summed E-state index contributed by atoms with van der Waals surface area (Å²) in [4.78, 5) is 26.0.